The fraction of sp³-hybridized carbons (Fsp3) is 0.375. The van der Waals surface area contributed by atoms with Gasteiger partial charge in [-0.25, -0.2) is 18.6 Å². The summed E-state index contributed by atoms with van der Waals surface area (Å²) in [7, 11) is 0. The first-order valence-corrected chi connectivity index (χ1v) is 14.5. The molecule has 4 aromatic rings. The molecule has 0 saturated carbocycles. The van der Waals surface area contributed by atoms with Crippen LogP contribution in [0.15, 0.2) is 48.7 Å². The maximum absolute atomic E-state index is 14.9. The molecule has 4 heterocycles. The van der Waals surface area contributed by atoms with E-state index in [1.54, 1.807) is 18.3 Å². The van der Waals surface area contributed by atoms with Crippen molar-refractivity contribution >= 4 is 17.0 Å². The van der Waals surface area contributed by atoms with Gasteiger partial charge in [0.25, 0.3) is 0 Å². The molecular weight excluding hydrogens is 572 g/mol. The smallest absolute Gasteiger partial charge is 0.335 e. The summed E-state index contributed by atoms with van der Waals surface area (Å²) in [6, 6.07) is 12.1. The van der Waals surface area contributed by atoms with Crippen molar-refractivity contribution in [3.63, 3.8) is 0 Å². The zero-order valence-electron chi connectivity index (χ0n) is 24.1. The first-order valence-electron chi connectivity index (χ1n) is 14.5. The maximum Gasteiger partial charge on any atom is 0.335 e. The van der Waals surface area contributed by atoms with E-state index >= 15 is 0 Å². The molecule has 0 unspecified atom stereocenters. The Labute approximate surface area is 252 Å². The number of imidazole rings is 1. The van der Waals surface area contributed by atoms with E-state index in [2.05, 4.69) is 21.8 Å². The third-order valence-corrected chi connectivity index (χ3v) is 8.15. The van der Waals surface area contributed by atoms with Crippen LogP contribution in [0.1, 0.15) is 53.6 Å². The standard InChI is InChI=1S/C32H31F2N5O5/c1-19-10-24(44-23-4-7-36-22(14-23)18-43-29-3-2-20(15-35)11-26(29)33)5-8-38(19)17-30-37-31-27(34)12-21(32(40)41)13-28(31)39(30)16-25-6-9-42-25/h2-4,7,11-14,19,24-25H,5-6,8-10,16-18H2,1H3,(H,40,41)/t19-,24-,25-/m0/s1. The highest BCUT2D eigenvalue weighted by Gasteiger charge is 2.30. The number of nitriles is 1. The number of pyridine rings is 1. The predicted molar refractivity (Wildman–Crippen MR) is 154 cm³/mol. The van der Waals surface area contributed by atoms with E-state index < -0.39 is 17.6 Å². The molecule has 0 bridgehead atoms. The lowest BCUT2D eigenvalue weighted by molar-refractivity contribution is -0.0593. The highest BCUT2D eigenvalue weighted by molar-refractivity contribution is 5.92. The fourth-order valence-corrected chi connectivity index (χ4v) is 5.65. The summed E-state index contributed by atoms with van der Waals surface area (Å²) in [4.78, 5) is 22.8. The number of likely N-dealkylation sites (tertiary alicyclic amines) is 1. The number of hydrogen-bond donors (Lipinski definition) is 1. The van der Waals surface area contributed by atoms with E-state index in [1.165, 1.54) is 18.2 Å². The molecule has 228 valence electrons. The van der Waals surface area contributed by atoms with Gasteiger partial charge >= 0.3 is 5.97 Å². The minimum atomic E-state index is -1.19. The average Bonchev–Trinajstić information content (AvgIpc) is 3.33. The summed E-state index contributed by atoms with van der Waals surface area (Å²) in [6.45, 7) is 4.49. The van der Waals surface area contributed by atoms with Crippen molar-refractivity contribution in [2.45, 2.75) is 64.1 Å². The van der Waals surface area contributed by atoms with Crippen LogP contribution in [0.5, 0.6) is 11.5 Å². The number of aromatic nitrogens is 3. The summed E-state index contributed by atoms with van der Waals surface area (Å²) in [5, 5.41) is 18.4. The van der Waals surface area contributed by atoms with E-state index in [1.807, 2.05) is 10.6 Å². The van der Waals surface area contributed by atoms with Crippen LogP contribution < -0.4 is 9.47 Å². The van der Waals surface area contributed by atoms with Crippen molar-refractivity contribution < 1.29 is 32.9 Å². The second kappa shape index (κ2) is 12.6. The third-order valence-electron chi connectivity index (χ3n) is 8.15. The number of carbonyl (C=O) groups is 1. The van der Waals surface area contributed by atoms with Crippen LogP contribution in [0.2, 0.25) is 0 Å². The molecular formula is C32H31F2N5O5. The Hall–Kier alpha value is -4.60. The summed E-state index contributed by atoms with van der Waals surface area (Å²) in [5.41, 5.74) is 1.29. The minimum absolute atomic E-state index is 0.0157. The molecule has 2 aliphatic heterocycles. The maximum atomic E-state index is 14.9. The van der Waals surface area contributed by atoms with Gasteiger partial charge in [-0.15, -0.1) is 0 Å². The van der Waals surface area contributed by atoms with Crippen LogP contribution in [0.4, 0.5) is 8.78 Å². The predicted octanol–water partition coefficient (Wildman–Crippen LogP) is 5.08. The topological polar surface area (TPSA) is 123 Å². The molecule has 44 heavy (non-hydrogen) atoms. The van der Waals surface area contributed by atoms with E-state index in [0.29, 0.717) is 42.5 Å². The van der Waals surface area contributed by atoms with Crippen LogP contribution in [0.3, 0.4) is 0 Å². The lowest BCUT2D eigenvalue weighted by Gasteiger charge is -2.37. The molecule has 1 N–H and O–H groups in total. The van der Waals surface area contributed by atoms with E-state index in [-0.39, 0.29) is 47.2 Å². The van der Waals surface area contributed by atoms with E-state index in [0.717, 1.165) is 37.9 Å². The van der Waals surface area contributed by atoms with Gasteiger partial charge in [-0.2, -0.15) is 5.26 Å². The van der Waals surface area contributed by atoms with E-state index in [4.69, 9.17) is 19.5 Å². The second-order valence-corrected chi connectivity index (χ2v) is 11.2. The molecule has 3 atom stereocenters. The Morgan fingerprint density at radius 2 is 2.02 bits per heavy atom. The lowest BCUT2D eigenvalue weighted by Crippen LogP contribution is -2.44. The summed E-state index contributed by atoms with van der Waals surface area (Å²) in [5.74, 6) is -1.11. The first-order chi connectivity index (χ1) is 21.3. The normalized spacial score (nSPS) is 20.2. The average molecular weight is 604 g/mol. The number of hydrogen-bond acceptors (Lipinski definition) is 8. The van der Waals surface area contributed by atoms with Gasteiger partial charge in [0.05, 0.1) is 47.6 Å². The first kappa shape index (κ1) is 29.5. The van der Waals surface area contributed by atoms with Gasteiger partial charge in [0.2, 0.25) is 0 Å². The molecule has 0 amide bonds. The molecule has 0 spiro atoms. The zero-order valence-corrected chi connectivity index (χ0v) is 24.1. The number of ether oxygens (including phenoxy) is 3. The molecule has 10 nitrogen and oxygen atoms in total. The van der Waals surface area contributed by atoms with E-state index in [9.17, 15) is 18.7 Å². The number of piperidine rings is 1. The number of fused-ring (bicyclic) bond motifs is 1. The molecule has 2 aliphatic rings. The van der Waals surface area contributed by atoms with Gasteiger partial charge in [0, 0.05) is 31.5 Å². The quantitative estimate of drug-likeness (QED) is 0.264. The highest BCUT2D eigenvalue weighted by Crippen LogP contribution is 2.29. The van der Waals surface area contributed by atoms with Gasteiger partial charge < -0.3 is 23.9 Å². The van der Waals surface area contributed by atoms with Gasteiger partial charge in [-0.05, 0) is 62.6 Å². The Morgan fingerprint density at radius 3 is 2.73 bits per heavy atom. The van der Waals surface area contributed by atoms with Crippen LogP contribution in [0, 0.1) is 23.0 Å². The zero-order chi connectivity index (χ0) is 30.8. The number of aromatic carboxylic acids is 1. The monoisotopic (exact) mass is 603 g/mol. The van der Waals surface area contributed by atoms with Gasteiger partial charge in [-0.3, -0.25) is 9.88 Å². The summed E-state index contributed by atoms with van der Waals surface area (Å²) >= 11 is 0. The lowest BCUT2D eigenvalue weighted by atomic mass is 10.0. The number of benzene rings is 2. The highest BCUT2D eigenvalue weighted by atomic mass is 19.1. The Morgan fingerprint density at radius 1 is 1.18 bits per heavy atom. The SMILES string of the molecule is C[C@H]1C[C@@H](Oc2ccnc(COc3ccc(C#N)cc3F)c2)CCN1Cc1nc2c(F)cc(C(=O)O)cc2n1C[C@@H]1CCO1. The van der Waals surface area contributed by atoms with Crippen molar-refractivity contribution in [3.8, 4) is 17.6 Å². The molecule has 2 saturated heterocycles. The molecule has 2 fully saturated rings. The second-order valence-electron chi connectivity index (χ2n) is 11.2. The van der Waals surface area contributed by atoms with Crippen molar-refractivity contribution in [2.75, 3.05) is 13.2 Å². The largest absolute Gasteiger partial charge is 0.490 e. The van der Waals surface area contributed by atoms with Crippen LogP contribution >= 0.6 is 0 Å². The molecule has 2 aromatic carbocycles. The number of nitrogens with zero attached hydrogens (tertiary/aromatic N) is 5. The van der Waals surface area contributed by atoms with Gasteiger partial charge in [0.1, 0.15) is 29.8 Å². The number of halogens is 2. The van der Waals surface area contributed by atoms with Crippen LogP contribution in [0.25, 0.3) is 11.0 Å². The number of carboxylic acids is 1. The van der Waals surface area contributed by atoms with Crippen LogP contribution in [-0.4, -0.2) is 61.9 Å². The Kier molecular flexibility index (Phi) is 8.41. The molecule has 0 aliphatic carbocycles. The van der Waals surface area contributed by atoms with Crippen LogP contribution in [-0.2, 0) is 24.4 Å². The molecule has 6 rings (SSSR count). The minimum Gasteiger partial charge on any atom is -0.490 e. The molecule has 0 radical (unpaired) electrons. The number of carboxylic acid groups (broad SMARTS) is 1. The van der Waals surface area contributed by atoms with Crippen molar-refractivity contribution in [2.24, 2.45) is 0 Å². The van der Waals surface area contributed by atoms with Gasteiger partial charge in [-0.1, -0.05) is 0 Å². The van der Waals surface area contributed by atoms with Crippen molar-refractivity contribution in [1.82, 2.24) is 19.4 Å². The van der Waals surface area contributed by atoms with Gasteiger partial charge in [0.15, 0.2) is 17.4 Å². The van der Waals surface area contributed by atoms with Crippen molar-refractivity contribution in [3.05, 3.63) is 82.9 Å². The number of rotatable bonds is 10. The Bertz CT molecular complexity index is 1730. The Balaban J connectivity index is 1.10. The fourth-order valence-electron chi connectivity index (χ4n) is 5.65. The summed E-state index contributed by atoms with van der Waals surface area (Å²) < 4.78 is 48.5. The molecule has 12 heteroatoms. The summed E-state index contributed by atoms with van der Waals surface area (Å²) in [6.07, 6.45) is 3.93. The third kappa shape index (κ3) is 6.34. The van der Waals surface area contributed by atoms with Crippen molar-refractivity contribution in [1.29, 1.82) is 5.26 Å². The molecule has 2 aromatic heterocycles.